The summed E-state index contributed by atoms with van der Waals surface area (Å²) >= 11 is 0. The van der Waals surface area contributed by atoms with Gasteiger partial charge in [0.2, 0.25) is 5.91 Å². The first-order valence-corrected chi connectivity index (χ1v) is 9.95. The second-order valence-corrected chi connectivity index (χ2v) is 7.59. The van der Waals surface area contributed by atoms with Crippen LogP contribution in [0, 0.1) is 11.7 Å². The number of hydrogen-bond acceptors (Lipinski definition) is 4. The first kappa shape index (κ1) is 20.0. The van der Waals surface area contributed by atoms with Crippen molar-refractivity contribution in [2.45, 2.75) is 18.9 Å². The third kappa shape index (κ3) is 4.33. The van der Waals surface area contributed by atoms with Crippen molar-refractivity contribution in [1.82, 2.24) is 20.7 Å². The van der Waals surface area contributed by atoms with Gasteiger partial charge in [-0.25, -0.2) is 9.40 Å². The molecule has 3 amide bonds. The molecule has 4 rings (SSSR count). The number of amides is 3. The van der Waals surface area contributed by atoms with Gasteiger partial charge in [-0.2, -0.15) is 0 Å². The highest BCUT2D eigenvalue weighted by Crippen LogP contribution is 2.20. The number of likely N-dealkylation sites (tertiary alicyclic amines) is 1. The van der Waals surface area contributed by atoms with Gasteiger partial charge >= 0.3 is 0 Å². The zero-order valence-corrected chi connectivity index (χ0v) is 16.4. The molecule has 2 aromatic carbocycles. The molecule has 2 atom stereocenters. The molecule has 0 aromatic heterocycles. The lowest BCUT2D eigenvalue weighted by atomic mass is 10.1. The molecule has 0 aliphatic carbocycles. The maximum Gasteiger partial charge on any atom is 0.259 e. The van der Waals surface area contributed by atoms with E-state index in [9.17, 15) is 18.8 Å². The molecular weight excluding hydrogens is 387 g/mol. The predicted molar refractivity (Wildman–Crippen MR) is 107 cm³/mol. The Morgan fingerprint density at radius 2 is 1.83 bits per heavy atom. The van der Waals surface area contributed by atoms with E-state index in [1.165, 1.54) is 29.3 Å². The van der Waals surface area contributed by atoms with Crippen LogP contribution >= 0.6 is 0 Å². The summed E-state index contributed by atoms with van der Waals surface area (Å²) in [6.07, 6.45) is 1.07. The van der Waals surface area contributed by atoms with Crippen LogP contribution in [-0.2, 0) is 16.0 Å². The van der Waals surface area contributed by atoms with Crippen molar-refractivity contribution in [1.29, 1.82) is 0 Å². The second kappa shape index (κ2) is 8.62. The van der Waals surface area contributed by atoms with Gasteiger partial charge in [-0.05, 0) is 42.7 Å². The minimum Gasteiger partial charge on any atom is -0.338 e. The summed E-state index contributed by atoms with van der Waals surface area (Å²) in [6.45, 7) is 0.953. The van der Waals surface area contributed by atoms with Crippen LogP contribution in [-0.4, -0.2) is 53.4 Å². The normalized spacial score (nSPS) is 21.2. The fourth-order valence-electron chi connectivity index (χ4n) is 3.82. The quantitative estimate of drug-likeness (QED) is 0.779. The maximum atomic E-state index is 13.1. The maximum absolute atomic E-state index is 13.1. The molecule has 2 saturated heterocycles. The minimum absolute atomic E-state index is 0.176. The van der Waals surface area contributed by atoms with E-state index in [2.05, 4.69) is 10.7 Å². The van der Waals surface area contributed by atoms with Crippen molar-refractivity contribution in [2.24, 2.45) is 5.92 Å². The SMILES string of the molecule is O=C(NN1CNC(Cc2ccccc2)C1=O)C1CCN(C(=O)c2ccc(F)cc2)C1. The first-order chi connectivity index (χ1) is 14.5. The Labute approximate surface area is 173 Å². The van der Waals surface area contributed by atoms with Gasteiger partial charge in [-0.3, -0.25) is 25.1 Å². The van der Waals surface area contributed by atoms with Crippen LogP contribution in [0.15, 0.2) is 54.6 Å². The van der Waals surface area contributed by atoms with Crippen LogP contribution in [0.1, 0.15) is 22.3 Å². The van der Waals surface area contributed by atoms with Crippen molar-refractivity contribution in [3.63, 3.8) is 0 Å². The highest BCUT2D eigenvalue weighted by molar-refractivity contribution is 5.95. The van der Waals surface area contributed by atoms with Gasteiger partial charge in [0.25, 0.3) is 11.8 Å². The molecule has 0 radical (unpaired) electrons. The van der Waals surface area contributed by atoms with E-state index >= 15 is 0 Å². The van der Waals surface area contributed by atoms with Crippen LogP contribution in [0.4, 0.5) is 4.39 Å². The molecule has 0 bridgehead atoms. The summed E-state index contributed by atoms with van der Waals surface area (Å²) in [5, 5.41) is 4.43. The molecule has 7 nitrogen and oxygen atoms in total. The largest absolute Gasteiger partial charge is 0.338 e. The molecule has 0 spiro atoms. The summed E-state index contributed by atoms with van der Waals surface area (Å²) in [5.41, 5.74) is 4.12. The zero-order chi connectivity index (χ0) is 21.1. The van der Waals surface area contributed by atoms with E-state index in [1.54, 1.807) is 4.90 Å². The van der Waals surface area contributed by atoms with Crippen LogP contribution in [0.2, 0.25) is 0 Å². The van der Waals surface area contributed by atoms with Gasteiger partial charge in [0.05, 0.1) is 18.6 Å². The molecule has 2 aliphatic rings. The summed E-state index contributed by atoms with van der Waals surface area (Å²) in [7, 11) is 0. The second-order valence-electron chi connectivity index (χ2n) is 7.59. The number of rotatable bonds is 5. The summed E-state index contributed by atoms with van der Waals surface area (Å²) in [4.78, 5) is 39.4. The number of carbonyl (C=O) groups is 3. The number of benzene rings is 2. The number of nitrogens with zero attached hydrogens (tertiary/aromatic N) is 2. The van der Waals surface area contributed by atoms with Crippen molar-refractivity contribution in [3.8, 4) is 0 Å². The number of carbonyl (C=O) groups excluding carboxylic acids is 3. The van der Waals surface area contributed by atoms with Crippen LogP contribution in [0.3, 0.4) is 0 Å². The van der Waals surface area contributed by atoms with E-state index < -0.39 is 11.7 Å². The summed E-state index contributed by atoms with van der Waals surface area (Å²) in [5.74, 6) is -1.48. The monoisotopic (exact) mass is 410 g/mol. The Hall–Kier alpha value is -3.26. The Kier molecular flexibility index (Phi) is 5.76. The molecule has 2 aromatic rings. The number of hydrazine groups is 1. The Balaban J connectivity index is 1.30. The highest BCUT2D eigenvalue weighted by atomic mass is 19.1. The first-order valence-electron chi connectivity index (χ1n) is 9.95. The highest BCUT2D eigenvalue weighted by Gasteiger charge is 2.36. The van der Waals surface area contributed by atoms with Crippen LogP contribution in [0.5, 0.6) is 0 Å². The van der Waals surface area contributed by atoms with E-state index in [0.717, 1.165) is 5.56 Å². The third-order valence-electron chi connectivity index (χ3n) is 5.53. The van der Waals surface area contributed by atoms with E-state index in [4.69, 9.17) is 0 Å². The molecule has 8 heteroatoms. The smallest absolute Gasteiger partial charge is 0.259 e. The van der Waals surface area contributed by atoms with Crippen LogP contribution in [0.25, 0.3) is 0 Å². The van der Waals surface area contributed by atoms with Gasteiger partial charge in [-0.15, -0.1) is 0 Å². The molecule has 156 valence electrons. The average molecular weight is 410 g/mol. The minimum atomic E-state index is -0.403. The number of halogens is 1. The molecule has 2 aliphatic heterocycles. The molecule has 2 N–H and O–H groups in total. The number of nitrogens with one attached hydrogen (secondary N) is 2. The lowest BCUT2D eigenvalue weighted by Crippen LogP contribution is -2.47. The Bertz CT molecular complexity index is 935. The fourth-order valence-corrected chi connectivity index (χ4v) is 3.82. The van der Waals surface area contributed by atoms with Gasteiger partial charge in [0.1, 0.15) is 5.82 Å². The van der Waals surface area contributed by atoms with Crippen molar-refractivity contribution < 1.29 is 18.8 Å². The van der Waals surface area contributed by atoms with Crippen molar-refractivity contribution >= 4 is 17.7 Å². The van der Waals surface area contributed by atoms with Gasteiger partial charge in [0.15, 0.2) is 0 Å². The Morgan fingerprint density at radius 1 is 1.10 bits per heavy atom. The molecule has 2 heterocycles. The standard InChI is InChI=1S/C22H23FN4O3/c23-18-8-6-16(7-9-18)21(29)26-11-10-17(13-26)20(28)25-27-14-24-19(22(27)30)12-15-4-2-1-3-5-15/h1-9,17,19,24H,10-14H2,(H,25,28). The summed E-state index contributed by atoms with van der Waals surface area (Å²) < 4.78 is 13.1. The lowest BCUT2D eigenvalue weighted by Gasteiger charge is -2.20. The van der Waals surface area contributed by atoms with Crippen molar-refractivity contribution in [3.05, 3.63) is 71.5 Å². The van der Waals surface area contributed by atoms with Gasteiger partial charge in [0, 0.05) is 18.7 Å². The molecule has 2 unspecified atom stereocenters. The van der Waals surface area contributed by atoms with Crippen molar-refractivity contribution in [2.75, 3.05) is 19.8 Å². The molecular formula is C22H23FN4O3. The van der Waals surface area contributed by atoms with Gasteiger partial charge < -0.3 is 4.90 Å². The predicted octanol–water partition coefficient (Wildman–Crippen LogP) is 1.32. The lowest BCUT2D eigenvalue weighted by molar-refractivity contribution is -0.140. The molecule has 0 saturated carbocycles. The Morgan fingerprint density at radius 3 is 2.57 bits per heavy atom. The topological polar surface area (TPSA) is 81.8 Å². The van der Waals surface area contributed by atoms with Gasteiger partial charge in [-0.1, -0.05) is 30.3 Å². The molecule has 30 heavy (non-hydrogen) atoms. The van der Waals surface area contributed by atoms with E-state index in [0.29, 0.717) is 24.9 Å². The average Bonchev–Trinajstić information content (AvgIpc) is 3.38. The van der Waals surface area contributed by atoms with E-state index in [1.807, 2.05) is 30.3 Å². The fraction of sp³-hybridized carbons (Fsp3) is 0.318. The van der Waals surface area contributed by atoms with Crippen LogP contribution < -0.4 is 10.7 Å². The third-order valence-corrected chi connectivity index (χ3v) is 5.53. The zero-order valence-electron chi connectivity index (χ0n) is 16.4. The molecule has 2 fully saturated rings. The number of hydrogen-bond donors (Lipinski definition) is 2. The summed E-state index contributed by atoms with van der Waals surface area (Å²) in [6, 6.07) is 14.7. The van der Waals surface area contributed by atoms with E-state index in [-0.39, 0.29) is 37.0 Å².